The van der Waals surface area contributed by atoms with Crippen molar-refractivity contribution in [3.63, 3.8) is 0 Å². The maximum atomic E-state index is 11.0. The molecule has 6 nitrogen and oxygen atoms in total. The van der Waals surface area contributed by atoms with Gasteiger partial charge in [-0.05, 0) is 6.92 Å². The van der Waals surface area contributed by atoms with Crippen molar-refractivity contribution in [2.45, 2.75) is 25.4 Å². The SMILES string of the molecule is CC(=O)C(CC(N)=O)NCC(N)CO. The summed E-state index contributed by atoms with van der Waals surface area (Å²) in [6.07, 6.45) is -0.0481. The molecule has 1 amide bonds. The molecule has 0 aliphatic rings. The number of primary amides is 1. The topological polar surface area (TPSA) is 118 Å². The Hall–Kier alpha value is -0.980. The smallest absolute Gasteiger partial charge is 0.219 e. The number of carbonyl (C=O) groups is 2. The molecule has 0 saturated heterocycles. The number of ketones is 1. The zero-order valence-corrected chi connectivity index (χ0v) is 8.19. The first kappa shape index (κ1) is 13.0. The van der Waals surface area contributed by atoms with Gasteiger partial charge in [-0.2, -0.15) is 0 Å². The normalized spacial score (nSPS) is 14.8. The second-order valence-electron chi connectivity index (χ2n) is 3.18. The van der Waals surface area contributed by atoms with Gasteiger partial charge in [0.25, 0.3) is 0 Å². The molecule has 0 rings (SSSR count). The Bertz CT molecular complexity index is 208. The van der Waals surface area contributed by atoms with E-state index < -0.39 is 18.0 Å². The first-order valence-corrected chi connectivity index (χ1v) is 4.36. The molecule has 6 N–H and O–H groups in total. The number of amides is 1. The molecule has 2 unspecified atom stereocenters. The van der Waals surface area contributed by atoms with Crippen LogP contribution in [-0.2, 0) is 9.59 Å². The molecule has 0 heterocycles. The summed E-state index contributed by atoms with van der Waals surface area (Å²) in [5.41, 5.74) is 10.4. The summed E-state index contributed by atoms with van der Waals surface area (Å²) in [5, 5.41) is 11.4. The van der Waals surface area contributed by atoms with E-state index in [1.54, 1.807) is 0 Å². The van der Waals surface area contributed by atoms with Gasteiger partial charge in [0.15, 0.2) is 0 Å². The van der Waals surface area contributed by atoms with Crippen molar-refractivity contribution in [3.05, 3.63) is 0 Å². The molecule has 0 radical (unpaired) electrons. The van der Waals surface area contributed by atoms with Crippen molar-refractivity contribution in [1.29, 1.82) is 0 Å². The Morgan fingerprint density at radius 1 is 1.50 bits per heavy atom. The molecular weight excluding hydrogens is 186 g/mol. The molecule has 0 aromatic heterocycles. The molecule has 0 aromatic rings. The highest BCUT2D eigenvalue weighted by atomic mass is 16.3. The van der Waals surface area contributed by atoms with Crippen LogP contribution in [0.2, 0.25) is 0 Å². The summed E-state index contributed by atoms with van der Waals surface area (Å²) >= 11 is 0. The average Bonchev–Trinajstić information content (AvgIpc) is 2.10. The van der Waals surface area contributed by atoms with Crippen LogP contribution in [0, 0.1) is 0 Å². The van der Waals surface area contributed by atoms with Gasteiger partial charge >= 0.3 is 0 Å². The van der Waals surface area contributed by atoms with Crippen LogP contribution in [-0.4, -0.2) is 42.0 Å². The van der Waals surface area contributed by atoms with E-state index in [9.17, 15) is 9.59 Å². The predicted molar refractivity (Wildman–Crippen MR) is 51.3 cm³/mol. The zero-order chi connectivity index (χ0) is 11.1. The van der Waals surface area contributed by atoms with Crippen LogP contribution >= 0.6 is 0 Å². The number of hydrogen-bond donors (Lipinski definition) is 4. The number of Topliss-reactive ketones (excluding diaryl/α,β-unsaturated/α-hetero) is 1. The van der Waals surface area contributed by atoms with Crippen LogP contribution in [0.4, 0.5) is 0 Å². The fourth-order valence-electron chi connectivity index (χ4n) is 0.919. The number of aliphatic hydroxyl groups excluding tert-OH is 1. The van der Waals surface area contributed by atoms with Crippen LogP contribution in [0.25, 0.3) is 0 Å². The molecular formula is C8H17N3O3. The molecule has 2 atom stereocenters. The van der Waals surface area contributed by atoms with E-state index in [1.807, 2.05) is 0 Å². The Morgan fingerprint density at radius 3 is 2.43 bits per heavy atom. The van der Waals surface area contributed by atoms with Gasteiger partial charge in [-0.15, -0.1) is 0 Å². The minimum atomic E-state index is -0.606. The lowest BCUT2D eigenvalue weighted by atomic mass is 10.1. The monoisotopic (exact) mass is 203 g/mol. The second kappa shape index (κ2) is 6.47. The number of nitrogens with one attached hydrogen (secondary N) is 1. The van der Waals surface area contributed by atoms with Crippen molar-refractivity contribution < 1.29 is 14.7 Å². The van der Waals surface area contributed by atoms with Gasteiger partial charge in [-0.3, -0.25) is 9.59 Å². The third-order valence-electron chi connectivity index (χ3n) is 1.76. The standard InChI is InChI=1S/C8H17N3O3/c1-5(13)7(2-8(10)14)11-3-6(9)4-12/h6-7,11-12H,2-4,9H2,1H3,(H2,10,14). The molecule has 0 fully saturated rings. The van der Waals surface area contributed by atoms with E-state index in [4.69, 9.17) is 16.6 Å². The summed E-state index contributed by atoms with van der Waals surface area (Å²) < 4.78 is 0. The second-order valence-corrected chi connectivity index (χ2v) is 3.18. The predicted octanol–water partition coefficient (Wildman–Crippen LogP) is -2.27. The van der Waals surface area contributed by atoms with Gasteiger partial charge in [-0.1, -0.05) is 0 Å². The van der Waals surface area contributed by atoms with Gasteiger partial charge in [0.2, 0.25) is 5.91 Å². The van der Waals surface area contributed by atoms with Crippen molar-refractivity contribution in [2.75, 3.05) is 13.2 Å². The number of hydrogen-bond acceptors (Lipinski definition) is 5. The third kappa shape index (κ3) is 5.63. The van der Waals surface area contributed by atoms with Crippen LogP contribution in [0.3, 0.4) is 0 Å². The average molecular weight is 203 g/mol. The summed E-state index contributed by atoms with van der Waals surface area (Å²) in [6, 6.07) is -1.05. The van der Waals surface area contributed by atoms with Gasteiger partial charge in [-0.25, -0.2) is 0 Å². The molecule has 0 aromatic carbocycles. The Balaban J connectivity index is 3.97. The maximum Gasteiger partial charge on any atom is 0.219 e. The molecule has 0 spiro atoms. The largest absolute Gasteiger partial charge is 0.395 e. The van der Waals surface area contributed by atoms with Gasteiger partial charge in [0.05, 0.1) is 12.6 Å². The highest BCUT2D eigenvalue weighted by Gasteiger charge is 2.16. The minimum Gasteiger partial charge on any atom is -0.395 e. The third-order valence-corrected chi connectivity index (χ3v) is 1.76. The molecule has 82 valence electrons. The quantitative estimate of drug-likeness (QED) is 0.372. The Morgan fingerprint density at radius 2 is 2.07 bits per heavy atom. The van der Waals surface area contributed by atoms with Crippen LogP contribution < -0.4 is 16.8 Å². The highest BCUT2D eigenvalue weighted by molar-refractivity contribution is 5.87. The summed E-state index contributed by atoms with van der Waals surface area (Å²) in [7, 11) is 0. The maximum absolute atomic E-state index is 11.0. The number of aliphatic hydroxyl groups is 1. The van der Waals surface area contributed by atoms with Crippen LogP contribution in [0.5, 0.6) is 0 Å². The Kier molecular flexibility index (Phi) is 6.02. The van der Waals surface area contributed by atoms with Crippen LogP contribution in [0.15, 0.2) is 0 Å². The molecule has 0 aliphatic heterocycles. The van der Waals surface area contributed by atoms with E-state index in [-0.39, 0.29) is 25.4 Å². The summed E-state index contributed by atoms with van der Waals surface area (Å²) in [6.45, 7) is 1.47. The molecule has 6 heteroatoms. The van der Waals surface area contributed by atoms with Crippen molar-refractivity contribution in [1.82, 2.24) is 5.32 Å². The molecule has 0 aliphatic carbocycles. The van der Waals surface area contributed by atoms with E-state index in [0.29, 0.717) is 0 Å². The van der Waals surface area contributed by atoms with Gasteiger partial charge in [0, 0.05) is 19.0 Å². The van der Waals surface area contributed by atoms with Crippen molar-refractivity contribution >= 4 is 11.7 Å². The van der Waals surface area contributed by atoms with E-state index >= 15 is 0 Å². The number of carbonyl (C=O) groups excluding carboxylic acids is 2. The molecule has 14 heavy (non-hydrogen) atoms. The number of nitrogens with two attached hydrogens (primary N) is 2. The Labute approximate surface area is 82.6 Å². The molecule has 0 saturated carbocycles. The van der Waals surface area contributed by atoms with Crippen LogP contribution in [0.1, 0.15) is 13.3 Å². The summed E-state index contributed by atoms with van der Waals surface area (Å²) in [5.74, 6) is -0.718. The van der Waals surface area contributed by atoms with E-state index in [0.717, 1.165) is 0 Å². The molecule has 0 bridgehead atoms. The minimum absolute atomic E-state index is 0.0481. The fourth-order valence-corrected chi connectivity index (χ4v) is 0.919. The first-order valence-electron chi connectivity index (χ1n) is 4.36. The lowest BCUT2D eigenvalue weighted by Gasteiger charge is -2.16. The summed E-state index contributed by atoms with van der Waals surface area (Å²) in [4.78, 5) is 21.6. The highest BCUT2D eigenvalue weighted by Crippen LogP contribution is 1.93. The van der Waals surface area contributed by atoms with Gasteiger partial charge in [0.1, 0.15) is 5.78 Å². The zero-order valence-electron chi connectivity index (χ0n) is 8.19. The lowest BCUT2D eigenvalue weighted by Crippen LogP contribution is -2.45. The first-order chi connectivity index (χ1) is 6.47. The van der Waals surface area contributed by atoms with Crippen molar-refractivity contribution in [2.24, 2.45) is 11.5 Å². The fraction of sp³-hybridized carbons (Fsp3) is 0.750. The lowest BCUT2D eigenvalue weighted by molar-refractivity contribution is -0.124. The number of rotatable bonds is 7. The van der Waals surface area contributed by atoms with E-state index in [2.05, 4.69) is 5.32 Å². The van der Waals surface area contributed by atoms with Crippen molar-refractivity contribution in [3.8, 4) is 0 Å². The van der Waals surface area contributed by atoms with Gasteiger partial charge < -0.3 is 21.9 Å². The van der Waals surface area contributed by atoms with E-state index in [1.165, 1.54) is 6.92 Å².